The Labute approximate surface area is 89.0 Å². The maximum Gasteiger partial charge on any atom is 0.264 e. The van der Waals surface area contributed by atoms with Crippen molar-refractivity contribution in [1.29, 1.82) is 0 Å². The largest absolute Gasteiger partial charge is 0.391 e. The van der Waals surface area contributed by atoms with Gasteiger partial charge in [0.2, 0.25) is 5.91 Å². The lowest BCUT2D eigenvalue weighted by atomic mass is 10.2. The zero-order valence-electron chi connectivity index (χ0n) is 8.71. The Morgan fingerprint density at radius 1 is 1.60 bits per heavy atom. The molecule has 1 saturated heterocycles. The molecule has 1 fully saturated rings. The molecule has 1 aliphatic heterocycles. The standard InChI is InChI=1S/C8H15NO5S/c1-6(10)9-4-8(11)3-7(9)5-14-15(2,12)13/h7-8,11H,3-5H2,1-2H3/t7-,8+/m0/s1. The molecule has 0 aromatic rings. The number of carbonyl (C=O) groups is 1. The maximum atomic E-state index is 11.1. The second-order valence-corrected chi connectivity index (χ2v) is 5.35. The molecular weight excluding hydrogens is 222 g/mol. The second kappa shape index (κ2) is 4.46. The quantitative estimate of drug-likeness (QED) is 0.633. The van der Waals surface area contributed by atoms with Gasteiger partial charge in [-0.1, -0.05) is 0 Å². The van der Waals surface area contributed by atoms with Crippen LogP contribution in [0.15, 0.2) is 0 Å². The second-order valence-electron chi connectivity index (χ2n) is 3.70. The molecule has 7 heteroatoms. The molecule has 1 amide bonds. The van der Waals surface area contributed by atoms with Gasteiger partial charge in [0.05, 0.1) is 25.0 Å². The van der Waals surface area contributed by atoms with Crippen molar-refractivity contribution < 1.29 is 22.5 Å². The van der Waals surface area contributed by atoms with Gasteiger partial charge in [0.15, 0.2) is 0 Å². The van der Waals surface area contributed by atoms with E-state index in [9.17, 15) is 18.3 Å². The van der Waals surface area contributed by atoms with E-state index < -0.39 is 16.2 Å². The monoisotopic (exact) mass is 237 g/mol. The van der Waals surface area contributed by atoms with E-state index in [-0.39, 0.29) is 25.1 Å². The number of rotatable bonds is 3. The molecule has 1 heterocycles. The van der Waals surface area contributed by atoms with Gasteiger partial charge < -0.3 is 10.0 Å². The minimum atomic E-state index is -3.50. The number of aliphatic hydroxyl groups excluding tert-OH is 1. The van der Waals surface area contributed by atoms with Crippen molar-refractivity contribution in [3.05, 3.63) is 0 Å². The van der Waals surface area contributed by atoms with Gasteiger partial charge >= 0.3 is 0 Å². The predicted molar refractivity (Wildman–Crippen MR) is 52.6 cm³/mol. The lowest BCUT2D eigenvalue weighted by Gasteiger charge is -2.21. The number of hydrogen-bond donors (Lipinski definition) is 1. The molecule has 0 radical (unpaired) electrons. The van der Waals surface area contributed by atoms with E-state index in [0.717, 1.165) is 6.26 Å². The Bertz CT molecular complexity index is 339. The number of likely N-dealkylation sites (tertiary alicyclic amines) is 1. The van der Waals surface area contributed by atoms with Gasteiger partial charge in [-0.25, -0.2) is 0 Å². The van der Waals surface area contributed by atoms with E-state index in [1.165, 1.54) is 11.8 Å². The molecule has 1 aliphatic rings. The highest BCUT2D eigenvalue weighted by atomic mass is 32.2. The van der Waals surface area contributed by atoms with Crippen LogP contribution in [0, 0.1) is 0 Å². The molecule has 0 aromatic carbocycles. The average Bonchev–Trinajstić information content (AvgIpc) is 2.42. The molecule has 0 spiro atoms. The van der Waals surface area contributed by atoms with Crippen LogP contribution < -0.4 is 0 Å². The summed E-state index contributed by atoms with van der Waals surface area (Å²) >= 11 is 0. The summed E-state index contributed by atoms with van der Waals surface area (Å²) in [5.41, 5.74) is 0. The fraction of sp³-hybridized carbons (Fsp3) is 0.875. The fourth-order valence-corrected chi connectivity index (χ4v) is 2.04. The molecular formula is C8H15NO5S. The van der Waals surface area contributed by atoms with E-state index >= 15 is 0 Å². The summed E-state index contributed by atoms with van der Waals surface area (Å²) in [6.07, 6.45) is 0.716. The first kappa shape index (κ1) is 12.4. The molecule has 15 heavy (non-hydrogen) atoms. The summed E-state index contributed by atoms with van der Waals surface area (Å²) in [6.45, 7) is 1.54. The van der Waals surface area contributed by atoms with Crippen molar-refractivity contribution in [3.8, 4) is 0 Å². The minimum Gasteiger partial charge on any atom is -0.391 e. The summed E-state index contributed by atoms with van der Waals surface area (Å²) in [5, 5.41) is 9.35. The molecule has 1 N–H and O–H groups in total. The van der Waals surface area contributed by atoms with Crippen LogP contribution in [0.5, 0.6) is 0 Å². The van der Waals surface area contributed by atoms with E-state index in [1.54, 1.807) is 0 Å². The van der Waals surface area contributed by atoms with Gasteiger partial charge in [0, 0.05) is 13.5 Å². The third kappa shape index (κ3) is 3.77. The van der Waals surface area contributed by atoms with Gasteiger partial charge in [-0.15, -0.1) is 0 Å². The van der Waals surface area contributed by atoms with Crippen LogP contribution in [-0.4, -0.2) is 55.9 Å². The molecule has 0 bridgehead atoms. The number of nitrogens with zero attached hydrogens (tertiary/aromatic N) is 1. The van der Waals surface area contributed by atoms with Gasteiger partial charge in [0.25, 0.3) is 10.1 Å². The van der Waals surface area contributed by atoms with Crippen LogP contribution in [0.25, 0.3) is 0 Å². The predicted octanol–water partition coefficient (Wildman–Crippen LogP) is -1.06. The van der Waals surface area contributed by atoms with Gasteiger partial charge in [0.1, 0.15) is 0 Å². The van der Waals surface area contributed by atoms with Crippen LogP contribution in [0.4, 0.5) is 0 Å². The molecule has 2 atom stereocenters. The van der Waals surface area contributed by atoms with Crippen LogP contribution in [0.2, 0.25) is 0 Å². The van der Waals surface area contributed by atoms with Crippen molar-refractivity contribution in [2.45, 2.75) is 25.5 Å². The molecule has 0 aliphatic carbocycles. The van der Waals surface area contributed by atoms with Crippen LogP contribution in [0.3, 0.4) is 0 Å². The number of hydrogen-bond acceptors (Lipinski definition) is 5. The zero-order chi connectivity index (χ0) is 11.6. The smallest absolute Gasteiger partial charge is 0.264 e. The number of aliphatic hydroxyl groups is 1. The molecule has 1 rings (SSSR count). The van der Waals surface area contributed by atoms with Gasteiger partial charge in [-0.2, -0.15) is 8.42 Å². The Hall–Kier alpha value is -0.660. The molecule has 88 valence electrons. The summed E-state index contributed by atoms with van der Waals surface area (Å²) in [5.74, 6) is -0.186. The summed E-state index contributed by atoms with van der Waals surface area (Å²) in [7, 11) is -3.50. The van der Waals surface area contributed by atoms with Gasteiger partial charge in [-0.05, 0) is 6.42 Å². The van der Waals surface area contributed by atoms with E-state index in [0.29, 0.717) is 6.42 Å². The van der Waals surface area contributed by atoms with Crippen LogP contribution in [0.1, 0.15) is 13.3 Å². The van der Waals surface area contributed by atoms with Gasteiger partial charge in [-0.3, -0.25) is 8.98 Å². The lowest BCUT2D eigenvalue weighted by molar-refractivity contribution is -0.130. The van der Waals surface area contributed by atoms with Crippen molar-refractivity contribution >= 4 is 16.0 Å². The van der Waals surface area contributed by atoms with E-state index in [2.05, 4.69) is 4.18 Å². The lowest BCUT2D eigenvalue weighted by Crippen LogP contribution is -2.37. The summed E-state index contributed by atoms with van der Waals surface area (Å²) in [4.78, 5) is 12.6. The summed E-state index contributed by atoms with van der Waals surface area (Å²) in [6, 6.07) is -0.354. The Kier molecular flexibility index (Phi) is 3.69. The highest BCUT2D eigenvalue weighted by Gasteiger charge is 2.33. The Balaban J connectivity index is 2.57. The highest BCUT2D eigenvalue weighted by Crippen LogP contribution is 2.18. The number of amides is 1. The molecule has 0 aromatic heterocycles. The normalized spacial score (nSPS) is 27.0. The summed E-state index contributed by atoms with van der Waals surface area (Å²) < 4.78 is 26.1. The fourth-order valence-electron chi connectivity index (χ4n) is 1.64. The van der Waals surface area contributed by atoms with E-state index in [1.807, 2.05) is 0 Å². The highest BCUT2D eigenvalue weighted by molar-refractivity contribution is 7.85. The molecule has 0 unspecified atom stereocenters. The van der Waals surface area contributed by atoms with E-state index in [4.69, 9.17) is 0 Å². The Morgan fingerprint density at radius 2 is 2.20 bits per heavy atom. The Morgan fingerprint density at radius 3 is 2.67 bits per heavy atom. The van der Waals surface area contributed by atoms with Crippen molar-refractivity contribution in [1.82, 2.24) is 4.90 Å². The zero-order valence-corrected chi connectivity index (χ0v) is 9.53. The van der Waals surface area contributed by atoms with Crippen LogP contribution >= 0.6 is 0 Å². The molecule has 0 saturated carbocycles. The first-order valence-corrected chi connectivity index (χ1v) is 6.41. The van der Waals surface area contributed by atoms with Crippen molar-refractivity contribution in [2.75, 3.05) is 19.4 Å². The SMILES string of the molecule is CC(=O)N1C[C@H](O)C[C@H]1COS(C)(=O)=O. The number of carbonyl (C=O) groups excluding carboxylic acids is 1. The first-order chi connectivity index (χ1) is 6.79. The average molecular weight is 237 g/mol. The van der Waals surface area contributed by atoms with Crippen LogP contribution in [-0.2, 0) is 19.1 Å². The first-order valence-electron chi connectivity index (χ1n) is 4.59. The third-order valence-electron chi connectivity index (χ3n) is 2.27. The molecule has 6 nitrogen and oxygen atoms in total. The van der Waals surface area contributed by atoms with Crippen molar-refractivity contribution in [2.24, 2.45) is 0 Å². The number of β-amino-alcohol motifs (C(OH)–C–C–N with tert-alkyl or cyclic N) is 1. The topological polar surface area (TPSA) is 83.9 Å². The maximum absolute atomic E-state index is 11.1. The van der Waals surface area contributed by atoms with Crippen molar-refractivity contribution in [3.63, 3.8) is 0 Å². The minimum absolute atomic E-state index is 0.0878. The third-order valence-corrected chi connectivity index (χ3v) is 2.84.